The summed E-state index contributed by atoms with van der Waals surface area (Å²) in [5.41, 5.74) is 4.05. The molecule has 0 saturated carbocycles. The van der Waals surface area contributed by atoms with Crippen molar-refractivity contribution in [3.05, 3.63) is 107 Å². The van der Waals surface area contributed by atoms with Gasteiger partial charge in [0.1, 0.15) is 5.54 Å². The largest absolute Gasteiger partial charge is 0.291 e. The standard InChI is InChI=1S/C25H19NO2/c1-17-9-5-7-13-21(17)25-16-19(18-10-3-2-4-11-18)15-23(27)26(25)22-14-8-6-12-20(22)24(25)28/h2-15H,16H2,1H3/t25-/m0/s1. The van der Waals surface area contributed by atoms with Gasteiger partial charge in [0.05, 0.1) is 5.69 Å². The van der Waals surface area contributed by atoms with E-state index in [-0.39, 0.29) is 11.7 Å². The fourth-order valence-corrected chi connectivity index (χ4v) is 4.61. The molecule has 5 rings (SSSR count). The Hall–Kier alpha value is -3.46. The molecule has 0 fully saturated rings. The number of para-hydroxylation sites is 1. The van der Waals surface area contributed by atoms with Gasteiger partial charge in [0.15, 0.2) is 5.78 Å². The maximum atomic E-state index is 13.8. The third kappa shape index (κ3) is 2.16. The molecular formula is C25H19NO2. The molecule has 1 atom stereocenters. The fraction of sp³-hybridized carbons (Fsp3) is 0.120. The smallest absolute Gasteiger partial charge is 0.252 e. The number of rotatable bonds is 2. The lowest BCUT2D eigenvalue weighted by atomic mass is 9.74. The van der Waals surface area contributed by atoms with Crippen LogP contribution in [-0.2, 0) is 10.3 Å². The highest BCUT2D eigenvalue weighted by Gasteiger charge is 2.57. The second-order valence-corrected chi connectivity index (χ2v) is 7.41. The van der Waals surface area contributed by atoms with E-state index in [9.17, 15) is 9.59 Å². The number of Topliss-reactive ketones (excluding diaryl/α,β-unsaturated/α-hetero) is 1. The molecule has 1 amide bonds. The van der Waals surface area contributed by atoms with Crippen LogP contribution in [0.5, 0.6) is 0 Å². The third-order valence-corrected chi connectivity index (χ3v) is 5.85. The zero-order valence-corrected chi connectivity index (χ0v) is 15.6. The molecule has 0 aromatic heterocycles. The predicted molar refractivity (Wildman–Crippen MR) is 110 cm³/mol. The van der Waals surface area contributed by atoms with Gasteiger partial charge < -0.3 is 0 Å². The van der Waals surface area contributed by atoms with Gasteiger partial charge in [-0.1, -0.05) is 66.7 Å². The summed E-state index contributed by atoms with van der Waals surface area (Å²) in [5, 5.41) is 0. The molecule has 0 bridgehead atoms. The van der Waals surface area contributed by atoms with Crippen LogP contribution in [0.25, 0.3) is 5.57 Å². The predicted octanol–water partition coefficient (Wildman–Crippen LogP) is 4.91. The highest BCUT2D eigenvalue weighted by atomic mass is 16.2. The Morgan fingerprint density at radius 2 is 1.50 bits per heavy atom. The van der Waals surface area contributed by atoms with E-state index in [2.05, 4.69) is 0 Å². The van der Waals surface area contributed by atoms with E-state index in [1.807, 2.05) is 85.8 Å². The Morgan fingerprint density at radius 1 is 0.821 bits per heavy atom. The number of fused-ring (bicyclic) bond motifs is 3. The van der Waals surface area contributed by atoms with E-state index in [1.165, 1.54) is 0 Å². The Bertz CT molecular complexity index is 1150. The lowest BCUT2D eigenvalue weighted by Crippen LogP contribution is -2.53. The van der Waals surface area contributed by atoms with E-state index in [0.717, 1.165) is 22.3 Å². The zero-order chi connectivity index (χ0) is 19.3. The van der Waals surface area contributed by atoms with Crippen LogP contribution in [0.15, 0.2) is 84.9 Å². The summed E-state index contributed by atoms with van der Waals surface area (Å²) in [6.07, 6.45) is 2.14. The van der Waals surface area contributed by atoms with E-state index in [0.29, 0.717) is 17.7 Å². The van der Waals surface area contributed by atoms with Crippen molar-refractivity contribution in [2.45, 2.75) is 18.9 Å². The van der Waals surface area contributed by atoms with Gasteiger partial charge in [-0.25, -0.2) is 0 Å². The highest BCUT2D eigenvalue weighted by Crippen LogP contribution is 2.52. The lowest BCUT2D eigenvalue weighted by molar-refractivity contribution is -0.115. The van der Waals surface area contributed by atoms with E-state index < -0.39 is 5.54 Å². The lowest BCUT2D eigenvalue weighted by Gasteiger charge is -2.41. The Kier molecular flexibility index (Phi) is 3.59. The van der Waals surface area contributed by atoms with Crippen LogP contribution < -0.4 is 4.90 Å². The Balaban J connectivity index is 1.79. The molecule has 0 radical (unpaired) electrons. The molecule has 3 nitrogen and oxygen atoms in total. The number of anilines is 1. The van der Waals surface area contributed by atoms with Gasteiger partial charge in [-0.2, -0.15) is 0 Å². The topological polar surface area (TPSA) is 37.4 Å². The second kappa shape index (κ2) is 6.03. The minimum atomic E-state index is -1.04. The van der Waals surface area contributed by atoms with Crippen molar-refractivity contribution < 1.29 is 9.59 Å². The number of carbonyl (C=O) groups excluding carboxylic acids is 2. The molecule has 0 unspecified atom stereocenters. The third-order valence-electron chi connectivity index (χ3n) is 5.85. The van der Waals surface area contributed by atoms with Crippen molar-refractivity contribution in [1.29, 1.82) is 0 Å². The van der Waals surface area contributed by atoms with Crippen LogP contribution in [0.2, 0.25) is 0 Å². The van der Waals surface area contributed by atoms with Crippen LogP contribution in [-0.4, -0.2) is 11.7 Å². The SMILES string of the molecule is Cc1ccccc1[C@]12CC(c3ccccc3)=CC(=O)N1c1ccccc1C2=O. The van der Waals surface area contributed by atoms with Gasteiger partial charge in [-0.05, 0) is 41.3 Å². The molecule has 3 heteroatoms. The summed E-state index contributed by atoms with van der Waals surface area (Å²) in [5.74, 6) is -0.154. The number of nitrogens with zero attached hydrogens (tertiary/aromatic N) is 1. The van der Waals surface area contributed by atoms with Gasteiger partial charge in [0, 0.05) is 18.1 Å². The van der Waals surface area contributed by atoms with Crippen molar-refractivity contribution in [3.63, 3.8) is 0 Å². The number of hydrogen-bond acceptors (Lipinski definition) is 2. The van der Waals surface area contributed by atoms with Crippen LogP contribution in [0.4, 0.5) is 5.69 Å². The first-order valence-corrected chi connectivity index (χ1v) is 9.43. The highest BCUT2D eigenvalue weighted by molar-refractivity contribution is 6.25. The van der Waals surface area contributed by atoms with Crippen molar-refractivity contribution in [2.75, 3.05) is 4.90 Å². The average molecular weight is 365 g/mol. The number of hydrogen-bond donors (Lipinski definition) is 0. The van der Waals surface area contributed by atoms with E-state index in [4.69, 9.17) is 0 Å². The molecule has 28 heavy (non-hydrogen) atoms. The Labute approximate surface area is 163 Å². The summed E-state index contributed by atoms with van der Waals surface area (Å²) in [7, 11) is 0. The van der Waals surface area contributed by atoms with Gasteiger partial charge >= 0.3 is 0 Å². The molecule has 0 saturated heterocycles. The Morgan fingerprint density at radius 3 is 2.29 bits per heavy atom. The normalized spacial score (nSPS) is 20.6. The molecular weight excluding hydrogens is 346 g/mol. The van der Waals surface area contributed by atoms with Gasteiger partial charge in [-0.3, -0.25) is 14.5 Å². The van der Waals surface area contributed by atoms with Gasteiger partial charge in [0.25, 0.3) is 5.91 Å². The van der Waals surface area contributed by atoms with Crippen molar-refractivity contribution >= 4 is 23.0 Å². The van der Waals surface area contributed by atoms with Crippen LogP contribution >= 0.6 is 0 Å². The number of benzene rings is 3. The van der Waals surface area contributed by atoms with Gasteiger partial charge in [0.2, 0.25) is 0 Å². The molecule has 0 N–H and O–H groups in total. The minimum absolute atomic E-state index is 0.00715. The summed E-state index contributed by atoms with van der Waals surface area (Å²) in [6, 6.07) is 25.2. The molecule has 136 valence electrons. The average Bonchev–Trinajstić information content (AvgIpc) is 2.99. The van der Waals surface area contributed by atoms with Crippen molar-refractivity contribution in [2.24, 2.45) is 0 Å². The maximum absolute atomic E-state index is 13.8. The first-order chi connectivity index (χ1) is 13.6. The molecule has 2 aliphatic rings. The van der Waals surface area contributed by atoms with E-state index >= 15 is 0 Å². The second-order valence-electron chi connectivity index (χ2n) is 7.41. The first-order valence-electron chi connectivity index (χ1n) is 9.43. The molecule has 2 heterocycles. The monoisotopic (exact) mass is 365 g/mol. The molecule has 2 aliphatic heterocycles. The molecule has 3 aromatic rings. The fourth-order valence-electron chi connectivity index (χ4n) is 4.61. The summed E-state index contributed by atoms with van der Waals surface area (Å²) in [4.78, 5) is 28.9. The molecule has 3 aromatic carbocycles. The van der Waals surface area contributed by atoms with E-state index in [1.54, 1.807) is 11.0 Å². The van der Waals surface area contributed by atoms with Crippen molar-refractivity contribution in [3.8, 4) is 0 Å². The number of carbonyl (C=O) groups is 2. The molecule has 0 spiro atoms. The van der Waals surface area contributed by atoms with Crippen LogP contribution in [0.3, 0.4) is 0 Å². The number of amides is 1. The van der Waals surface area contributed by atoms with Crippen LogP contribution in [0.1, 0.15) is 33.5 Å². The summed E-state index contributed by atoms with van der Waals surface area (Å²) in [6.45, 7) is 2.00. The van der Waals surface area contributed by atoms with Crippen LogP contribution in [0, 0.1) is 6.92 Å². The quantitative estimate of drug-likeness (QED) is 0.647. The number of aryl methyl sites for hydroxylation is 1. The minimum Gasteiger partial charge on any atom is -0.291 e. The summed E-state index contributed by atoms with van der Waals surface area (Å²) >= 11 is 0. The van der Waals surface area contributed by atoms with Crippen molar-refractivity contribution in [1.82, 2.24) is 0 Å². The molecule has 0 aliphatic carbocycles. The number of ketones is 1. The first kappa shape index (κ1) is 16.7. The van der Waals surface area contributed by atoms with Gasteiger partial charge in [-0.15, -0.1) is 0 Å². The zero-order valence-electron chi connectivity index (χ0n) is 15.6. The maximum Gasteiger partial charge on any atom is 0.252 e. The summed E-state index contributed by atoms with van der Waals surface area (Å²) < 4.78 is 0.